The first-order chi connectivity index (χ1) is 12.5. The van der Waals surface area contributed by atoms with E-state index in [0.29, 0.717) is 23.1 Å². The van der Waals surface area contributed by atoms with Crippen LogP contribution in [0.4, 0.5) is 10.1 Å². The molecule has 0 fully saturated rings. The van der Waals surface area contributed by atoms with Crippen LogP contribution in [-0.4, -0.2) is 26.0 Å². The summed E-state index contributed by atoms with van der Waals surface area (Å²) in [4.78, 5) is 13.1. The topological polar surface area (TPSA) is 71.8 Å². The number of carbonyl (C=O) groups excluding carboxylic acids is 1. The zero-order valence-corrected chi connectivity index (χ0v) is 15.2. The predicted octanol–water partition coefficient (Wildman–Crippen LogP) is 3.48. The minimum Gasteiger partial charge on any atom is -0.332 e. The number of fused-ring (bicyclic) bond motifs is 1. The van der Waals surface area contributed by atoms with Gasteiger partial charge in [-0.1, -0.05) is 6.92 Å². The van der Waals surface area contributed by atoms with Gasteiger partial charge in [0.2, 0.25) is 5.91 Å². The predicted molar refractivity (Wildman–Crippen MR) is 103 cm³/mol. The SMILES string of the molecule is CCCC(=O)NC(=S)Nc1cc2nn(-c3ccc(F)cc3)nc2cc1C. The molecule has 0 unspecified atom stereocenters. The number of rotatable bonds is 4. The molecule has 8 heteroatoms. The zero-order valence-electron chi connectivity index (χ0n) is 14.4. The van der Waals surface area contributed by atoms with Gasteiger partial charge in [0.25, 0.3) is 0 Å². The third-order valence-corrected chi connectivity index (χ3v) is 3.97. The lowest BCUT2D eigenvalue weighted by Crippen LogP contribution is -2.34. The Kier molecular flexibility index (Phi) is 5.22. The van der Waals surface area contributed by atoms with E-state index in [1.165, 1.54) is 16.9 Å². The van der Waals surface area contributed by atoms with Crippen molar-refractivity contribution >= 4 is 40.0 Å². The van der Waals surface area contributed by atoms with Crippen LogP contribution in [0.2, 0.25) is 0 Å². The van der Waals surface area contributed by atoms with Crippen molar-refractivity contribution in [2.45, 2.75) is 26.7 Å². The van der Waals surface area contributed by atoms with Crippen molar-refractivity contribution in [2.24, 2.45) is 0 Å². The van der Waals surface area contributed by atoms with Gasteiger partial charge < -0.3 is 10.6 Å². The van der Waals surface area contributed by atoms with Crippen molar-refractivity contribution in [3.8, 4) is 5.69 Å². The third-order valence-electron chi connectivity index (χ3n) is 3.76. The normalized spacial score (nSPS) is 10.7. The quantitative estimate of drug-likeness (QED) is 0.687. The highest BCUT2D eigenvalue weighted by molar-refractivity contribution is 7.80. The van der Waals surface area contributed by atoms with Crippen LogP contribution in [0, 0.1) is 12.7 Å². The minimum absolute atomic E-state index is 0.119. The smallest absolute Gasteiger partial charge is 0.226 e. The van der Waals surface area contributed by atoms with Crippen molar-refractivity contribution in [3.63, 3.8) is 0 Å². The second kappa shape index (κ2) is 7.57. The van der Waals surface area contributed by atoms with Gasteiger partial charge in [-0.3, -0.25) is 4.79 Å². The van der Waals surface area contributed by atoms with Gasteiger partial charge in [-0.2, -0.15) is 4.80 Å². The molecule has 0 aliphatic heterocycles. The Hall–Kier alpha value is -2.87. The number of amides is 1. The van der Waals surface area contributed by atoms with Crippen LogP contribution in [0.1, 0.15) is 25.3 Å². The Morgan fingerprint density at radius 2 is 1.85 bits per heavy atom. The second-order valence-electron chi connectivity index (χ2n) is 5.87. The Morgan fingerprint density at radius 3 is 2.50 bits per heavy atom. The molecule has 134 valence electrons. The molecule has 0 spiro atoms. The molecule has 0 bridgehead atoms. The van der Waals surface area contributed by atoms with Crippen LogP contribution in [-0.2, 0) is 4.79 Å². The molecular formula is C18H18FN5OS. The Balaban J connectivity index is 1.84. The maximum absolute atomic E-state index is 13.1. The Bertz CT molecular complexity index is 968. The number of carbonyl (C=O) groups is 1. The molecule has 3 aromatic rings. The van der Waals surface area contributed by atoms with E-state index >= 15 is 0 Å². The summed E-state index contributed by atoms with van der Waals surface area (Å²) in [6.07, 6.45) is 1.18. The van der Waals surface area contributed by atoms with Crippen LogP contribution in [0.3, 0.4) is 0 Å². The lowest BCUT2D eigenvalue weighted by atomic mass is 10.2. The van der Waals surface area contributed by atoms with E-state index in [-0.39, 0.29) is 16.8 Å². The standard InChI is InChI=1S/C18H18FN5OS/c1-3-4-17(25)21-18(26)20-14-10-16-15(9-11(14)2)22-24(23-16)13-7-5-12(19)6-8-13/h5-10H,3-4H2,1-2H3,(H2,20,21,25,26). The van der Waals surface area contributed by atoms with Gasteiger partial charge in [0.15, 0.2) is 5.11 Å². The fraction of sp³-hybridized carbons (Fsp3) is 0.222. The average molecular weight is 371 g/mol. The molecular weight excluding hydrogens is 353 g/mol. The molecule has 0 radical (unpaired) electrons. The molecule has 1 amide bonds. The van der Waals surface area contributed by atoms with Gasteiger partial charge in [0.1, 0.15) is 16.9 Å². The second-order valence-corrected chi connectivity index (χ2v) is 6.28. The maximum Gasteiger partial charge on any atom is 0.226 e. The van der Waals surface area contributed by atoms with E-state index in [2.05, 4.69) is 20.8 Å². The van der Waals surface area contributed by atoms with Crippen LogP contribution in [0.5, 0.6) is 0 Å². The molecule has 0 saturated carbocycles. The molecule has 0 atom stereocenters. The van der Waals surface area contributed by atoms with E-state index in [1.807, 2.05) is 26.0 Å². The van der Waals surface area contributed by atoms with Crippen molar-refractivity contribution in [1.82, 2.24) is 20.3 Å². The van der Waals surface area contributed by atoms with E-state index in [1.54, 1.807) is 12.1 Å². The van der Waals surface area contributed by atoms with Crippen molar-refractivity contribution in [1.29, 1.82) is 0 Å². The highest BCUT2D eigenvalue weighted by Gasteiger charge is 2.10. The van der Waals surface area contributed by atoms with Crippen LogP contribution in [0.15, 0.2) is 36.4 Å². The fourth-order valence-electron chi connectivity index (χ4n) is 2.46. The molecule has 3 rings (SSSR count). The summed E-state index contributed by atoms with van der Waals surface area (Å²) < 4.78 is 13.1. The summed E-state index contributed by atoms with van der Waals surface area (Å²) >= 11 is 5.18. The number of aromatic nitrogens is 3. The van der Waals surface area contributed by atoms with Gasteiger partial charge in [-0.05, 0) is 67.5 Å². The van der Waals surface area contributed by atoms with Gasteiger partial charge in [0, 0.05) is 12.1 Å². The largest absolute Gasteiger partial charge is 0.332 e. The monoisotopic (exact) mass is 371 g/mol. The summed E-state index contributed by atoms with van der Waals surface area (Å²) in [7, 11) is 0. The molecule has 2 aromatic carbocycles. The number of nitrogens with one attached hydrogen (secondary N) is 2. The van der Waals surface area contributed by atoms with Gasteiger partial charge in [0.05, 0.1) is 5.69 Å². The molecule has 26 heavy (non-hydrogen) atoms. The number of aryl methyl sites for hydroxylation is 1. The van der Waals surface area contributed by atoms with Gasteiger partial charge >= 0.3 is 0 Å². The van der Waals surface area contributed by atoms with Gasteiger partial charge in [-0.25, -0.2) is 4.39 Å². The molecule has 1 aromatic heterocycles. The molecule has 2 N–H and O–H groups in total. The van der Waals surface area contributed by atoms with Crippen molar-refractivity contribution in [2.75, 3.05) is 5.32 Å². The Morgan fingerprint density at radius 1 is 1.19 bits per heavy atom. The first kappa shape index (κ1) is 17.9. The molecule has 0 saturated heterocycles. The van der Waals surface area contributed by atoms with Crippen LogP contribution in [0.25, 0.3) is 16.7 Å². The molecule has 0 aliphatic carbocycles. The Labute approximate surface area is 155 Å². The molecule has 0 aliphatic rings. The summed E-state index contributed by atoms with van der Waals surface area (Å²) in [5.41, 5.74) is 3.68. The van der Waals surface area contributed by atoms with E-state index in [0.717, 1.165) is 17.7 Å². The number of hydrogen-bond donors (Lipinski definition) is 2. The minimum atomic E-state index is -0.313. The third kappa shape index (κ3) is 4.02. The van der Waals surface area contributed by atoms with Crippen molar-refractivity contribution < 1.29 is 9.18 Å². The summed E-state index contributed by atoms with van der Waals surface area (Å²) in [5, 5.41) is 14.8. The lowest BCUT2D eigenvalue weighted by Gasteiger charge is -2.11. The van der Waals surface area contributed by atoms with E-state index < -0.39 is 0 Å². The number of nitrogens with zero attached hydrogens (tertiary/aromatic N) is 3. The van der Waals surface area contributed by atoms with Crippen molar-refractivity contribution in [3.05, 3.63) is 47.8 Å². The number of anilines is 1. The van der Waals surface area contributed by atoms with Gasteiger partial charge in [-0.15, -0.1) is 10.2 Å². The zero-order chi connectivity index (χ0) is 18.7. The molecule has 1 heterocycles. The van der Waals surface area contributed by atoms with E-state index in [9.17, 15) is 9.18 Å². The lowest BCUT2D eigenvalue weighted by molar-refractivity contribution is -0.119. The highest BCUT2D eigenvalue weighted by Crippen LogP contribution is 2.22. The summed E-state index contributed by atoms with van der Waals surface area (Å²) in [6.45, 7) is 3.84. The first-order valence-corrected chi connectivity index (χ1v) is 8.61. The maximum atomic E-state index is 13.1. The summed E-state index contributed by atoms with van der Waals surface area (Å²) in [6, 6.07) is 9.63. The highest BCUT2D eigenvalue weighted by atomic mass is 32.1. The van der Waals surface area contributed by atoms with Crippen LogP contribution >= 0.6 is 12.2 Å². The number of benzene rings is 2. The summed E-state index contributed by atoms with van der Waals surface area (Å²) in [5.74, 6) is -0.433. The van der Waals surface area contributed by atoms with E-state index in [4.69, 9.17) is 12.2 Å². The van der Waals surface area contributed by atoms with Crippen LogP contribution < -0.4 is 10.6 Å². The number of thiocarbonyl (C=S) groups is 1. The average Bonchev–Trinajstić information content (AvgIpc) is 2.98. The number of hydrogen-bond acceptors (Lipinski definition) is 4. The molecule has 6 nitrogen and oxygen atoms in total. The fourth-order valence-corrected chi connectivity index (χ4v) is 2.69. The first-order valence-electron chi connectivity index (χ1n) is 8.20. The number of halogens is 1.